The molecule has 3 rings (SSSR count). The molecule has 0 bridgehead atoms. The molecule has 0 radical (unpaired) electrons. The van der Waals surface area contributed by atoms with Crippen molar-refractivity contribution in [2.24, 2.45) is 0 Å². The lowest BCUT2D eigenvalue weighted by Crippen LogP contribution is -2.82. The van der Waals surface area contributed by atoms with Crippen LogP contribution in [-0.2, 0) is 0 Å². The van der Waals surface area contributed by atoms with Crippen LogP contribution in [0.1, 0.15) is 20.7 Å². The number of hydrogen-bond acceptors (Lipinski definition) is 4. The van der Waals surface area contributed by atoms with Crippen molar-refractivity contribution in [3.63, 3.8) is 0 Å². The summed E-state index contributed by atoms with van der Waals surface area (Å²) in [5.74, 6) is -0.460. The molecule has 5 N–H and O–H groups in total. The number of hydrogen-bond donors (Lipinski definition) is 3. The number of rotatable bonds is 5. The molecule has 0 spiro atoms. The maximum absolute atomic E-state index is 12.5. The van der Waals surface area contributed by atoms with Crippen molar-refractivity contribution >= 4 is 23.3 Å². The van der Waals surface area contributed by atoms with Crippen LogP contribution in [0.15, 0.2) is 66.7 Å². The first-order valence-electron chi connectivity index (χ1n) is 8.24. The molecule has 0 aliphatic rings. The van der Waals surface area contributed by atoms with Gasteiger partial charge in [-0.2, -0.15) is 0 Å². The highest BCUT2D eigenvalue weighted by Crippen LogP contribution is 2.25. The van der Waals surface area contributed by atoms with E-state index in [-0.39, 0.29) is 11.5 Å². The molecule has 0 unspecified atom stereocenters. The summed E-state index contributed by atoms with van der Waals surface area (Å²) in [4.78, 5) is 23.5. The van der Waals surface area contributed by atoms with Crippen molar-refractivity contribution in [3.8, 4) is 16.9 Å². The van der Waals surface area contributed by atoms with E-state index in [2.05, 4.69) is 0 Å². The zero-order valence-corrected chi connectivity index (χ0v) is 14.7. The zero-order valence-electron chi connectivity index (χ0n) is 14.7. The quantitative estimate of drug-likeness (QED) is 0.604. The van der Waals surface area contributed by atoms with Gasteiger partial charge in [-0.25, -0.2) is 14.9 Å². The summed E-state index contributed by atoms with van der Waals surface area (Å²) in [5, 5.41) is 10.5. The van der Waals surface area contributed by atoms with Crippen LogP contribution >= 0.6 is 0 Å². The summed E-state index contributed by atoms with van der Waals surface area (Å²) < 4.78 is 5.10. The van der Waals surface area contributed by atoms with Gasteiger partial charge >= 0.3 is 11.9 Å². The lowest BCUT2D eigenvalue weighted by molar-refractivity contribution is -0.463. The number of nitrogens with two attached hydrogens (primary N) is 2. The molecule has 0 aromatic heterocycles. The number of methoxy groups -OCH3 is 1. The zero-order chi connectivity index (χ0) is 19.4. The highest BCUT2D eigenvalue weighted by molar-refractivity contribution is 5.90. The Morgan fingerprint density at radius 2 is 1.48 bits per heavy atom. The molecule has 3 aromatic carbocycles. The van der Waals surface area contributed by atoms with Gasteiger partial charge in [-0.3, -0.25) is 0 Å². The molecule has 0 aliphatic heterocycles. The van der Waals surface area contributed by atoms with Crippen LogP contribution < -0.4 is 15.8 Å². The summed E-state index contributed by atoms with van der Waals surface area (Å²) in [7, 11) is 1.57. The fourth-order valence-electron chi connectivity index (χ4n) is 2.66. The molecule has 1 amide bonds. The molecule has 0 fully saturated rings. The van der Waals surface area contributed by atoms with E-state index in [4.69, 9.17) is 15.6 Å². The number of benzene rings is 3. The minimum absolute atomic E-state index is 0.164. The van der Waals surface area contributed by atoms with Crippen LogP contribution in [0, 0.1) is 0 Å². The first-order chi connectivity index (χ1) is 13.0. The molecule has 0 aliphatic carbocycles. The Hall–Kier alpha value is -3.64. The number of primary amides is 1. The molecule has 0 atom stereocenters. The van der Waals surface area contributed by atoms with E-state index < -0.39 is 5.97 Å². The Morgan fingerprint density at radius 1 is 0.889 bits per heavy atom. The molecule has 0 heterocycles. The third-order valence-electron chi connectivity index (χ3n) is 4.21. The maximum atomic E-state index is 12.5. The van der Waals surface area contributed by atoms with Gasteiger partial charge in [-0.05, 0) is 53.6 Å². The van der Waals surface area contributed by atoms with Crippen LogP contribution in [0.2, 0.25) is 0 Å². The van der Waals surface area contributed by atoms with Gasteiger partial charge in [0.2, 0.25) is 0 Å². The van der Waals surface area contributed by atoms with E-state index in [1.54, 1.807) is 61.7 Å². The maximum Gasteiger partial charge on any atom is 0.347 e. The lowest BCUT2D eigenvalue weighted by atomic mass is 10.0. The van der Waals surface area contributed by atoms with Gasteiger partial charge < -0.3 is 15.6 Å². The second kappa shape index (κ2) is 7.72. The number of aromatic carboxylic acids is 1. The Bertz CT molecular complexity index is 980. The van der Waals surface area contributed by atoms with E-state index in [0.29, 0.717) is 22.7 Å². The van der Waals surface area contributed by atoms with Crippen molar-refractivity contribution in [2.75, 3.05) is 12.8 Å². The minimum Gasteiger partial charge on any atom is -0.497 e. The number of anilines is 1. The van der Waals surface area contributed by atoms with Crippen LogP contribution in [0.4, 0.5) is 11.4 Å². The van der Waals surface area contributed by atoms with E-state index in [0.717, 1.165) is 11.1 Å². The predicted octanol–water partition coefficient (Wildman–Crippen LogP) is 2.68. The molecule has 27 heavy (non-hydrogen) atoms. The molecule has 3 aromatic rings. The average molecular weight is 363 g/mol. The second-order valence-electron chi connectivity index (χ2n) is 5.96. The number of amides is 1. The van der Waals surface area contributed by atoms with Crippen molar-refractivity contribution in [3.05, 3.63) is 77.9 Å². The van der Waals surface area contributed by atoms with Crippen molar-refractivity contribution < 1.29 is 24.7 Å². The van der Waals surface area contributed by atoms with Gasteiger partial charge in [0.05, 0.1) is 23.9 Å². The number of ether oxygens (including phenoxy) is 1. The van der Waals surface area contributed by atoms with Gasteiger partial charge in [0, 0.05) is 6.07 Å². The normalized spacial score (nSPS) is 10.4. The third-order valence-corrected chi connectivity index (χ3v) is 4.21. The number of nitrogen functional groups attached to an aromatic ring is 1. The Balaban J connectivity index is 1.84. The van der Waals surface area contributed by atoms with E-state index in [9.17, 15) is 9.59 Å². The fraction of sp³-hybridized carbons (Fsp3) is 0.0476. The third kappa shape index (κ3) is 4.13. The molecular weight excluding hydrogens is 344 g/mol. The summed E-state index contributed by atoms with van der Waals surface area (Å²) in [6, 6.07) is 18.8. The largest absolute Gasteiger partial charge is 0.497 e. The number of carboxylic acid groups (broad SMARTS) is 1. The van der Waals surface area contributed by atoms with Crippen LogP contribution in [0.5, 0.6) is 5.75 Å². The fourth-order valence-corrected chi connectivity index (χ4v) is 2.66. The minimum atomic E-state index is -0.974. The van der Waals surface area contributed by atoms with Gasteiger partial charge in [0.15, 0.2) is 5.69 Å². The Kier molecular flexibility index (Phi) is 5.19. The molecular formula is C21H19N2O4+. The summed E-state index contributed by atoms with van der Waals surface area (Å²) >= 11 is 0. The van der Waals surface area contributed by atoms with Crippen molar-refractivity contribution in [1.29, 1.82) is 0 Å². The number of carbonyl (C=O) groups excluding carboxylic acids is 1. The first kappa shape index (κ1) is 18.2. The predicted molar refractivity (Wildman–Crippen MR) is 102 cm³/mol. The topological polar surface area (TPSA) is 106 Å². The summed E-state index contributed by atoms with van der Waals surface area (Å²) in [6.45, 7) is 0. The van der Waals surface area contributed by atoms with Crippen molar-refractivity contribution in [2.45, 2.75) is 0 Å². The average Bonchev–Trinajstić information content (AvgIpc) is 2.69. The van der Waals surface area contributed by atoms with Crippen LogP contribution in [-0.4, -0.2) is 24.1 Å². The highest BCUT2D eigenvalue weighted by Gasteiger charge is 2.15. The number of carboxylic acids is 1. The first-order valence-corrected chi connectivity index (χ1v) is 8.24. The Labute approximate surface area is 156 Å². The van der Waals surface area contributed by atoms with Gasteiger partial charge in [-0.1, -0.05) is 18.2 Å². The Morgan fingerprint density at radius 3 is 2.07 bits per heavy atom. The SMILES string of the molecule is COc1ccc(C(=O)[NH2+]c2cc(-c3ccc(C(=O)O)cc3)ccc2N)cc1. The smallest absolute Gasteiger partial charge is 0.347 e. The monoisotopic (exact) mass is 363 g/mol. The molecule has 0 saturated carbocycles. The lowest BCUT2D eigenvalue weighted by Gasteiger charge is -2.07. The van der Waals surface area contributed by atoms with E-state index in [1.807, 2.05) is 12.1 Å². The van der Waals surface area contributed by atoms with E-state index in [1.165, 1.54) is 5.32 Å². The second-order valence-corrected chi connectivity index (χ2v) is 5.96. The summed E-state index contributed by atoms with van der Waals surface area (Å²) in [5.41, 5.74) is 9.55. The number of quaternary nitrogens is 1. The van der Waals surface area contributed by atoms with Crippen molar-refractivity contribution in [1.82, 2.24) is 0 Å². The van der Waals surface area contributed by atoms with Gasteiger partial charge in [0.1, 0.15) is 5.75 Å². The molecule has 6 heteroatoms. The van der Waals surface area contributed by atoms with Crippen LogP contribution in [0.3, 0.4) is 0 Å². The molecule has 136 valence electrons. The summed E-state index contributed by atoms with van der Waals surface area (Å²) in [6.07, 6.45) is 0. The van der Waals surface area contributed by atoms with E-state index >= 15 is 0 Å². The van der Waals surface area contributed by atoms with Crippen LogP contribution in [0.25, 0.3) is 11.1 Å². The standard InChI is InChI=1S/C21H18N2O4/c1-27-17-9-6-14(7-10-17)20(24)23-19-12-16(8-11-18(19)22)13-2-4-15(5-3-13)21(25)26/h2-12H,22H2,1H3,(H,23,24)(H,25,26)/p+1. The van der Waals surface area contributed by atoms with Gasteiger partial charge in [-0.15, -0.1) is 0 Å². The number of carbonyl (C=O) groups is 2. The molecule has 6 nitrogen and oxygen atoms in total. The highest BCUT2D eigenvalue weighted by atomic mass is 16.5. The van der Waals surface area contributed by atoms with Gasteiger partial charge in [0.25, 0.3) is 0 Å². The molecule has 0 saturated heterocycles.